The van der Waals surface area contributed by atoms with Gasteiger partial charge in [0, 0.05) is 17.6 Å². The Labute approximate surface area is 119 Å². The minimum atomic E-state index is -0.539. The van der Waals surface area contributed by atoms with Gasteiger partial charge in [0.2, 0.25) is 0 Å². The summed E-state index contributed by atoms with van der Waals surface area (Å²) in [4.78, 5) is 11.9. The molecule has 4 nitrogen and oxygen atoms in total. The van der Waals surface area contributed by atoms with E-state index in [1.165, 1.54) is 12.1 Å². The van der Waals surface area contributed by atoms with E-state index in [2.05, 4.69) is 21.2 Å². The molecule has 1 aliphatic rings. The standard InChI is InChI=1S/C13H16BrFN2O2/c14-10-7-11(15)12(16)6-9(10)13(18)17-4-3-8-2-1-5-19-8/h6-8H,1-5,16H2,(H,17,18). The third-order valence-corrected chi connectivity index (χ3v) is 3.76. The van der Waals surface area contributed by atoms with Crippen molar-refractivity contribution in [3.05, 3.63) is 28.0 Å². The van der Waals surface area contributed by atoms with Crippen LogP contribution in [0.3, 0.4) is 0 Å². The smallest absolute Gasteiger partial charge is 0.252 e. The second kappa shape index (κ2) is 6.34. The molecule has 104 valence electrons. The zero-order chi connectivity index (χ0) is 13.8. The van der Waals surface area contributed by atoms with Crippen LogP contribution in [0.25, 0.3) is 0 Å². The van der Waals surface area contributed by atoms with Crippen LogP contribution in [0.15, 0.2) is 16.6 Å². The fraction of sp³-hybridized carbons (Fsp3) is 0.462. The monoisotopic (exact) mass is 330 g/mol. The molecule has 0 bridgehead atoms. The zero-order valence-electron chi connectivity index (χ0n) is 10.4. The van der Waals surface area contributed by atoms with Gasteiger partial charge < -0.3 is 15.8 Å². The average molecular weight is 331 g/mol. The van der Waals surface area contributed by atoms with Crippen LogP contribution in [0.4, 0.5) is 10.1 Å². The van der Waals surface area contributed by atoms with Gasteiger partial charge in [0.25, 0.3) is 5.91 Å². The Hall–Kier alpha value is -1.14. The van der Waals surface area contributed by atoms with E-state index in [0.29, 0.717) is 16.6 Å². The van der Waals surface area contributed by atoms with Crippen molar-refractivity contribution in [2.75, 3.05) is 18.9 Å². The molecular weight excluding hydrogens is 315 g/mol. The van der Waals surface area contributed by atoms with Crippen LogP contribution >= 0.6 is 15.9 Å². The van der Waals surface area contributed by atoms with E-state index >= 15 is 0 Å². The highest BCUT2D eigenvalue weighted by Gasteiger charge is 2.17. The van der Waals surface area contributed by atoms with Crippen LogP contribution in [-0.2, 0) is 4.74 Å². The van der Waals surface area contributed by atoms with E-state index in [1.807, 2.05) is 0 Å². The van der Waals surface area contributed by atoms with Crippen molar-refractivity contribution in [3.63, 3.8) is 0 Å². The van der Waals surface area contributed by atoms with Crippen LogP contribution < -0.4 is 11.1 Å². The third-order valence-electron chi connectivity index (χ3n) is 3.11. The Morgan fingerprint density at radius 3 is 3.05 bits per heavy atom. The van der Waals surface area contributed by atoms with Crippen molar-refractivity contribution in [1.29, 1.82) is 0 Å². The number of nitrogen functional groups attached to an aromatic ring is 1. The number of hydrogen-bond donors (Lipinski definition) is 2. The van der Waals surface area contributed by atoms with Gasteiger partial charge in [0.05, 0.1) is 17.4 Å². The molecule has 0 aliphatic carbocycles. The van der Waals surface area contributed by atoms with Gasteiger partial charge in [-0.25, -0.2) is 4.39 Å². The Morgan fingerprint density at radius 1 is 1.58 bits per heavy atom. The number of benzene rings is 1. The summed E-state index contributed by atoms with van der Waals surface area (Å²) in [7, 11) is 0. The summed E-state index contributed by atoms with van der Waals surface area (Å²) >= 11 is 3.16. The van der Waals surface area contributed by atoms with Crippen molar-refractivity contribution in [3.8, 4) is 0 Å². The number of rotatable bonds is 4. The highest BCUT2D eigenvalue weighted by Crippen LogP contribution is 2.22. The average Bonchev–Trinajstić information content (AvgIpc) is 2.86. The highest BCUT2D eigenvalue weighted by atomic mass is 79.9. The largest absolute Gasteiger partial charge is 0.396 e. The van der Waals surface area contributed by atoms with Crippen molar-refractivity contribution >= 4 is 27.5 Å². The molecule has 0 saturated carbocycles. The predicted octanol–water partition coefficient (Wildman–Crippen LogP) is 2.47. The van der Waals surface area contributed by atoms with Crippen molar-refractivity contribution in [2.45, 2.75) is 25.4 Å². The number of carbonyl (C=O) groups is 1. The van der Waals surface area contributed by atoms with Crippen molar-refractivity contribution in [2.24, 2.45) is 0 Å². The molecule has 1 unspecified atom stereocenters. The molecule has 0 spiro atoms. The summed E-state index contributed by atoms with van der Waals surface area (Å²) in [6.07, 6.45) is 3.16. The lowest BCUT2D eigenvalue weighted by molar-refractivity contribution is 0.0906. The lowest BCUT2D eigenvalue weighted by Gasteiger charge is -2.11. The quantitative estimate of drug-likeness (QED) is 0.833. The van der Waals surface area contributed by atoms with Gasteiger partial charge in [-0.15, -0.1) is 0 Å². The van der Waals surface area contributed by atoms with Gasteiger partial charge >= 0.3 is 0 Å². The Bertz CT molecular complexity index is 476. The molecule has 1 fully saturated rings. The van der Waals surface area contributed by atoms with E-state index in [1.54, 1.807) is 0 Å². The summed E-state index contributed by atoms with van der Waals surface area (Å²) in [5.41, 5.74) is 5.76. The lowest BCUT2D eigenvalue weighted by Crippen LogP contribution is -2.27. The van der Waals surface area contributed by atoms with Crippen molar-refractivity contribution < 1.29 is 13.9 Å². The van der Waals surface area contributed by atoms with Gasteiger partial charge in [0.1, 0.15) is 5.82 Å². The Morgan fingerprint density at radius 2 is 2.37 bits per heavy atom. The van der Waals surface area contributed by atoms with Gasteiger partial charge in [0.15, 0.2) is 0 Å². The van der Waals surface area contributed by atoms with Crippen LogP contribution in [0.1, 0.15) is 29.6 Å². The number of anilines is 1. The summed E-state index contributed by atoms with van der Waals surface area (Å²) in [6.45, 7) is 1.34. The molecule has 19 heavy (non-hydrogen) atoms. The molecule has 1 aliphatic heterocycles. The molecule has 3 N–H and O–H groups in total. The number of hydrogen-bond acceptors (Lipinski definition) is 3. The molecule has 1 saturated heterocycles. The molecule has 1 amide bonds. The predicted molar refractivity (Wildman–Crippen MR) is 74.4 cm³/mol. The number of ether oxygens (including phenoxy) is 1. The second-order valence-corrected chi connectivity index (χ2v) is 5.39. The number of carbonyl (C=O) groups excluding carboxylic acids is 1. The first-order valence-electron chi connectivity index (χ1n) is 6.22. The fourth-order valence-electron chi connectivity index (χ4n) is 2.05. The van der Waals surface area contributed by atoms with Crippen LogP contribution in [0, 0.1) is 5.82 Å². The van der Waals surface area contributed by atoms with Gasteiger partial charge in [-0.3, -0.25) is 4.79 Å². The van der Waals surface area contributed by atoms with Gasteiger partial charge in [-0.05, 0) is 47.3 Å². The first-order chi connectivity index (χ1) is 9.08. The molecular formula is C13H16BrFN2O2. The number of nitrogens with one attached hydrogen (secondary N) is 1. The lowest BCUT2D eigenvalue weighted by atomic mass is 10.1. The van der Waals surface area contributed by atoms with E-state index in [4.69, 9.17) is 10.5 Å². The molecule has 1 aromatic carbocycles. The number of amides is 1. The Balaban J connectivity index is 1.90. The summed E-state index contributed by atoms with van der Waals surface area (Å²) in [5, 5.41) is 2.79. The molecule has 1 heterocycles. The van der Waals surface area contributed by atoms with Crippen LogP contribution in [0.2, 0.25) is 0 Å². The molecule has 2 rings (SSSR count). The minimum absolute atomic E-state index is 0.0347. The highest BCUT2D eigenvalue weighted by molar-refractivity contribution is 9.10. The summed E-state index contributed by atoms with van der Waals surface area (Å²) in [6, 6.07) is 2.53. The Kier molecular flexibility index (Phi) is 4.76. The second-order valence-electron chi connectivity index (χ2n) is 4.53. The molecule has 0 radical (unpaired) electrons. The van der Waals surface area contributed by atoms with E-state index in [-0.39, 0.29) is 17.7 Å². The topological polar surface area (TPSA) is 64.4 Å². The molecule has 1 aromatic rings. The maximum Gasteiger partial charge on any atom is 0.252 e. The first kappa shape index (κ1) is 14.3. The van der Waals surface area contributed by atoms with E-state index in [0.717, 1.165) is 25.9 Å². The molecule has 6 heteroatoms. The van der Waals surface area contributed by atoms with E-state index in [9.17, 15) is 9.18 Å². The number of nitrogens with two attached hydrogens (primary N) is 1. The summed E-state index contributed by atoms with van der Waals surface area (Å²) < 4.78 is 19.0. The SMILES string of the molecule is Nc1cc(C(=O)NCCC2CCCO2)c(Br)cc1F. The maximum atomic E-state index is 13.2. The summed E-state index contributed by atoms with van der Waals surface area (Å²) in [5.74, 6) is -0.806. The van der Waals surface area contributed by atoms with E-state index < -0.39 is 5.82 Å². The zero-order valence-corrected chi connectivity index (χ0v) is 12.0. The normalized spacial score (nSPS) is 18.5. The minimum Gasteiger partial charge on any atom is -0.396 e. The van der Waals surface area contributed by atoms with Gasteiger partial charge in [-0.2, -0.15) is 0 Å². The number of halogens is 2. The van der Waals surface area contributed by atoms with Crippen LogP contribution in [0.5, 0.6) is 0 Å². The first-order valence-corrected chi connectivity index (χ1v) is 7.01. The van der Waals surface area contributed by atoms with Crippen molar-refractivity contribution in [1.82, 2.24) is 5.32 Å². The maximum absolute atomic E-state index is 13.2. The fourth-order valence-corrected chi connectivity index (χ4v) is 2.55. The molecule has 0 aromatic heterocycles. The van der Waals surface area contributed by atoms with Crippen LogP contribution in [-0.4, -0.2) is 25.2 Å². The van der Waals surface area contributed by atoms with Gasteiger partial charge in [-0.1, -0.05) is 0 Å². The molecule has 1 atom stereocenters. The third kappa shape index (κ3) is 3.67.